The standard InChI is InChI=1S/C13H12N4O2.Y/c1-9-7-15-13(14-2)17-12(9)16-10-3-5-11(6-4-10)19-8-18;/h3-5,7H,1-2H3,(H2,14,15,16,17);/q-2;. The van der Waals surface area contributed by atoms with Gasteiger partial charge in [0, 0.05) is 51.5 Å². The third-order valence-corrected chi connectivity index (χ3v) is 2.39. The number of nitrogens with zero attached hydrogens (tertiary/aromatic N) is 2. The van der Waals surface area contributed by atoms with Gasteiger partial charge >= 0.3 is 0 Å². The SMILES string of the molecule is CNc1ncc(C)c(Nc2c[c-]c(O[C-]=O)cc2)n1.[Y]. The van der Waals surface area contributed by atoms with Crippen molar-refractivity contribution >= 4 is 23.9 Å². The molecule has 1 aromatic heterocycles. The van der Waals surface area contributed by atoms with Crippen LogP contribution in [-0.2, 0) is 37.5 Å². The Labute approximate surface area is 142 Å². The van der Waals surface area contributed by atoms with Crippen LogP contribution in [0.2, 0.25) is 0 Å². The van der Waals surface area contributed by atoms with Gasteiger partial charge in [0.15, 0.2) is 6.47 Å². The summed E-state index contributed by atoms with van der Waals surface area (Å²) in [5.41, 5.74) is 1.70. The number of carbonyl (C=O) groups excluding carboxylic acids is 1. The van der Waals surface area contributed by atoms with E-state index in [2.05, 4.69) is 31.4 Å². The number of aryl methyl sites for hydroxylation is 1. The van der Waals surface area contributed by atoms with Crippen molar-refractivity contribution in [2.75, 3.05) is 17.7 Å². The molecule has 0 aliphatic heterocycles. The van der Waals surface area contributed by atoms with Gasteiger partial charge < -0.3 is 20.2 Å². The number of hydrogen-bond acceptors (Lipinski definition) is 6. The molecule has 1 radical (unpaired) electrons. The molecule has 6 nitrogen and oxygen atoms in total. The molecule has 1 aromatic carbocycles. The first kappa shape index (κ1) is 16.5. The van der Waals surface area contributed by atoms with E-state index >= 15 is 0 Å². The summed E-state index contributed by atoms with van der Waals surface area (Å²) in [5, 5.41) is 6.01. The normalized spacial score (nSPS) is 9.30. The van der Waals surface area contributed by atoms with Gasteiger partial charge in [0.25, 0.3) is 0 Å². The molecule has 20 heavy (non-hydrogen) atoms. The molecule has 7 heteroatoms. The van der Waals surface area contributed by atoms with Crippen LogP contribution in [0.1, 0.15) is 5.56 Å². The maximum Gasteiger partial charge on any atom is 0.224 e. The minimum atomic E-state index is 0. The largest absolute Gasteiger partial charge is 0.634 e. The molecule has 0 bridgehead atoms. The Morgan fingerprint density at radius 3 is 2.80 bits per heavy atom. The van der Waals surface area contributed by atoms with Crippen LogP contribution in [0.3, 0.4) is 0 Å². The van der Waals surface area contributed by atoms with Gasteiger partial charge in [-0.3, -0.25) is 0 Å². The first-order valence-electron chi connectivity index (χ1n) is 5.57. The van der Waals surface area contributed by atoms with E-state index in [1.54, 1.807) is 31.4 Å². The van der Waals surface area contributed by atoms with Crippen LogP contribution in [-0.4, -0.2) is 23.5 Å². The molecule has 0 atom stereocenters. The van der Waals surface area contributed by atoms with Crippen molar-refractivity contribution in [3.8, 4) is 5.75 Å². The third-order valence-electron chi connectivity index (χ3n) is 2.39. The van der Waals surface area contributed by atoms with Crippen molar-refractivity contribution in [2.24, 2.45) is 0 Å². The summed E-state index contributed by atoms with van der Waals surface area (Å²) in [6.07, 6.45) is 1.73. The van der Waals surface area contributed by atoms with E-state index in [0.29, 0.717) is 17.5 Å². The molecule has 0 aliphatic carbocycles. The summed E-state index contributed by atoms with van der Waals surface area (Å²) in [5.74, 6) is 1.55. The van der Waals surface area contributed by atoms with E-state index in [4.69, 9.17) is 0 Å². The summed E-state index contributed by atoms with van der Waals surface area (Å²) in [4.78, 5) is 18.5. The predicted molar refractivity (Wildman–Crippen MR) is 71.2 cm³/mol. The fourth-order valence-corrected chi connectivity index (χ4v) is 1.42. The Hall–Kier alpha value is -1.53. The zero-order chi connectivity index (χ0) is 13.7. The van der Waals surface area contributed by atoms with Crippen LogP contribution in [0.4, 0.5) is 17.5 Å². The molecule has 0 saturated carbocycles. The second kappa shape index (κ2) is 7.92. The molecule has 2 aromatic rings. The molecular weight excluding hydrogens is 333 g/mol. The van der Waals surface area contributed by atoms with Gasteiger partial charge in [-0.15, -0.1) is 5.75 Å². The van der Waals surface area contributed by atoms with E-state index in [0.717, 1.165) is 11.3 Å². The molecule has 0 fully saturated rings. The molecule has 0 aliphatic rings. The van der Waals surface area contributed by atoms with Gasteiger partial charge in [0.2, 0.25) is 5.95 Å². The van der Waals surface area contributed by atoms with Crippen molar-refractivity contribution in [2.45, 2.75) is 6.92 Å². The van der Waals surface area contributed by atoms with E-state index in [9.17, 15) is 4.79 Å². The van der Waals surface area contributed by atoms with Crippen molar-refractivity contribution in [3.05, 3.63) is 36.0 Å². The Bertz CT molecular complexity index is 575. The number of nitrogens with one attached hydrogen (secondary N) is 2. The first-order valence-corrected chi connectivity index (χ1v) is 5.57. The van der Waals surface area contributed by atoms with E-state index in [1.165, 1.54) is 6.47 Å². The van der Waals surface area contributed by atoms with E-state index in [-0.39, 0.29) is 32.7 Å². The fraction of sp³-hybridized carbons (Fsp3) is 0.154. The number of ether oxygens (including phenoxy) is 1. The van der Waals surface area contributed by atoms with Crippen LogP contribution >= 0.6 is 0 Å². The van der Waals surface area contributed by atoms with Crippen molar-refractivity contribution in [1.82, 2.24) is 9.97 Å². The maximum absolute atomic E-state index is 10.1. The fourth-order valence-electron chi connectivity index (χ4n) is 1.42. The van der Waals surface area contributed by atoms with E-state index in [1.807, 2.05) is 6.92 Å². The summed E-state index contributed by atoms with van der Waals surface area (Å²) in [7, 11) is 1.75. The molecule has 1 heterocycles. The zero-order valence-electron chi connectivity index (χ0n) is 11.1. The van der Waals surface area contributed by atoms with Crippen molar-refractivity contribution in [1.29, 1.82) is 0 Å². The number of aromatic nitrogens is 2. The van der Waals surface area contributed by atoms with E-state index < -0.39 is 0 Å². The number of rotatable bonds is 5. The van der Waals surface area contributed by atoms with Crippen molar-refractivity contribution in [3.63, 3.8) is 0 Å². The molecular formula is C13H12N4O2Y-2. The Morgan fingerprint density at radius 2 is 2.20 bits per heavy atom. The smallest absolute Gasteiger partial charge is 0.224 e. The Kier molecular flexibility index (Phi) is 6.54. The monoisotopic (exact) mass is 345 g/mol. The first-order chi connectivity index (χ1) is 9.22. The molecule has 0 saturated heterocycles. The molecule has 0 amide bonds. The summed E-state index contributed by atoms with van der Waals surface area (Å²) in [6.45, 7) is 3.25. The molecule has 2 N–H and O–H groups in total. The second-order valence-corrected chi connectivity index (χ2v) is 3.73. The zero-order valence-corrected chi connectivity index (χ0v) is 13.9. The second-order valence-electron chi connectivity index (χ2n) is 3.73. The summed E-state index contributed by atoms with van der Waals surface area (Å²) >= 11 is 0. The van der Waals surface area contributed by atoms with Crippen LogP contribution < -0.4 is 15.4 Å². The average molecular weight is 345 g/mol. The number of hydrogen-bond donors (Lipinski definition) is 2. The van der Waals surface area contributed by atoms with Gasteiger partial charge in [0.05, 0.1) is 0 Å². The third kappa shape index (κ3) is 4.25. The Balaban J connectivity index is 0.00000200. The predicted octanol–water partition coefficient (Wildman–Crippen LogP) is 1.81. The quantitative estimate of drug-likeness (QED) is 0.805. The van der Waals surface area contributed by atoms with Crippen molar-refractivity contribution < 1.29 is 42.2 Å². The number of benzene rings is 1. The summed E-state index contributed by atoms with van der Waals surface area (Å²) < 4.78 is 4.55. The van der Waals surface area contributed by atoms with Crippen LogP contribution in [0.25, 0.3) is 0 Å². The summed E-state index contributed by atoms with van der Waals surface area (Å²) in [6, 6.07) is 7.83. The minimum absolute atomic E-state index is 0. The average Bonchev–Trinajstić information content (AvgIpc) is 2.44. The van der Waals surface area contributed by atoms with Gasteiger partial charge in [-0.2, -0.15) is 17.1 Å². The molecule has 0 spiro atoms. The van der Waals surface area contributed by atoms with Gasteiger partial charge in [-0.1, -0.05) is 5.69 Å². The van der Waals surface area contributed by atoms with Gasteiger partial charge in [-0.25, -0.2) is 17.1 Å². The minimum Gasteiger partial charge on any atom is -0.634 e. The van der Waals surface area contributed by atoms with Gasteiger partial charge in [0.1, 0.15) is 5.82 Å². The van der Waals surface area contributed by atoms with Crippen LogP contribution in [0.5, 0.6) is 5.75 Å². The van der Waals surface area contributed by atoms with Gasteiger partial charge in [-0.05, 0) is 6.92 Å². The molecule has 2 rings (SSSR count). The topological polar surface area (TPSA) is 76.1 Å². The molecule has 0 unspecified atom stereocenters. The maximum atomic E-state index is 10.1. The van der Waals surface area contributed by atoms with Crippen LogP contribution in [0.15, 0.2) is 24.4 Å². The Morgan fingerprint density at radius 1 is 1.40 bits per heavy atom. The van der Waals surface area contributed by atoms with Crippen LogP contribution in [0, 0.1) is 13.0 Å². The molecule has 101 valence electrons. The number of anilines is 3.